The summed E-state index contributed by atoms with van der Waals surface area (Å²) >= 11 is 0. The second-order valence-electron chi connectivity index (χ2n) is 5.48. The fourth-order valence-corrected chi connectivity index (χ4v) is 2.57. The number of hydrogen-bond acceptors (Lipinski definition) is 2. The molecule has 0 aromatic heterocycles. The monoisotopic (exact) mass is 282 g/mol. The third-order valence-electron chi connectivity index (χ3n) is 3.80. The van der Waals surface area contributed by atoms with Gasteiger partial charge < -0.3 is 10.6 Å². The summed E-state index contributed by atoms with van der Waals surface area (Å²) in [4.78, 5) is 12.2. The molecule has 1 aliphatic heterocycles. The zero-order chi connectivity index (χ0) is 14.7. The van der Waals surface area contributed by atoms with Crippen LogP contribution >= 0.6 is 0 Å². The Labute approximate surface area is 117 Å². The minimum absolute atomic E-state index is 0.0148. The van der Waals surface area contributed by atoms with E-state index in [4.69, 9.17) is 0 Å². The summed E-state index contributed by atoms with van der Waals surface area (Å²) in [5, 5.41) is 6.17. The molecule has 1 amide bonds. The van der Waals surface area contributed by atoms with Gasteiger partial charge >= 0.3 is 0 Å². The van der Waals surface area contributed by atoms with Crippen LogP contribution in [0.2, 0.25) is 0 Å². The molecule has 1 aromatic carbocycles. The van der Waals surface area contributed by atoms with Crippen molar-refractivity contribution in [2.45, 2.75) is 38.8 Å². The van der Waals surface area contributed by atoms with E-state index in [9.17, 15) is 13.6 Å². The Bertz CT molecular complexity index is 493. The molecular formula is C15H20F2N2O. The van der Waals surface area contributed by atoms with Gasteiger partial charge in [-0.2, -0.15) is 0 Å². The molecule has 1 saturated heterocycles. The minimum atomic E-state index is -0.890. The zero-order valence-electron chi connectivity index (χ0n) is 11.7. The van der Waals surface area contributed by atoms with E-state index in [0.717, 1.165) is 31.5 Å². The molecule has 20 heavy (non-hydrogen) atoms. The summed E-state index contributed by atoms with van der Waals surface area (Å²) in [6.45, 7) is 4.66. The number of amides is 1. The van der Waals surface area contributed by atoms with Gasteiger partial charge in [0, 0.05) is 12.0 Å². The number of nitrogens with one attached hydrogen (secondary N) is 2. The lowest BCUT2D eigenvalue weighted by Crippen LogP contribution is -2.42. The molecule has 0 radical (unpaired) electrons. The summed E-state index contributed by atoms with van der Waals surface area (Å²) in [6, 6.07) is 3.71. The number of halogens is 2. The molecule has 1 aromatic rings. The van der Waals surface area contributed by atoms with Crippen molar-refractivity contribution in [3.8, 4) is 0 Å². The van der Waals surface area contributed by atoms with Crippen LogP contribution in [0.25, 0.3) is 0 Å². The average Bonchev–Trinajstić information content (AvgIpc) is 2.41. The maximum atomic E-state index is 13.2. The zero-order valence-corrected chi connectivity index (χ0v) is 11.7. The highest BCUT2D eigenvalue weighted by Crippen LogP contribution is 2.20. The van der Waals surface area contributed by atoms with Crippen LogP contribution in [-0.2, 0) is 4.79 Å². The number of piperidine rings is 1. The lowest BCUT2D eigenvalue weighted by Gasteiger charge is -2.28. The highest BCUT2D eigenvalue weighted by molar-refractivity contribution is 5.79. The average molecular weight is 282 g/mol. The van der Waals surface area contributed by atoms with Gasteiger partial charge in [0.25, 0.3) is 0 Å². The molecule has 1 fully saturated rings. The third kappa shape index (κ3) is 3.54. The fraction of sp³-hybridized carbons (Fsp3) is 0.533. The number of hydrogen-bond donors (Lipinski definition) is 2. The molecule has 0 spiro atoms. The smallest absolute Gasteiger partial charge is 0.223 e. The van der Waals surface area contributed by atoms with Crippen LogP contribution in [0.3, 0.4) is 0 Å². The molecule has 1 heterocycles. The second-order valence-corrected chi connectivity index (χ2v) is 5.48. The van der Waals surface area contributed by atoms with E-state index in [2.05, 4.69) is 17.6 Å². The van der Waals surface area contributed by atoms with Gasteiger partial charge in [-0.15, -0.1) is 0 Å². The van der Waals surface area contributed by atoms with Crippen molar-refractivity contribution in [2.75, 3.05) is 6.54 Å². The molecule has 0 bridgehead atoms. The molecule has 3 nitrogen and oxygen atoms in total. The maximum Gasteiger partial charge on any atom is 0.223 e. The fourth-order valence-electron chi connectivity index (χ4n) is 2.57. The Kier molecular flexibility index (Phi) is 4.70. The minimum Gasteiger partial charge on any atom is -0.349 e. The van der Waals surface area contributed by atoms with E-state index in [1.54, 1.807) is 6.92 Å². The quantitative estimate of drug-likeness (QED) is 0.894. The molecule has 0 aliphatic carbocycles. The number of carbonyl (C=O) groups is 1. The Morgan fingerprint density at radius 3 is 2.80 bits per heavy atom. The van der Waals surface area contributed by atoms with Crippen LogP contribution in [-0.4, -0.2) is 18.5 Å². The van der Waals surface area contributed by atoms with E-state index < -0.39 is 11.6 Å². The first-order valence-electron chi connectivity index (χ1n) is 6.96. The SMILES string of the molecule is CC1CC(C(=O)NC(C)c2ccc(F)c(F)c2)CCN1. The van der Waals surface area contributed by atoms with Crippen LogP contribution in [0.4, 0.5) is 8.78 Å². The van der Waals surface area contributed by atoms with Gasteiger partial charge in [0.1, 0.15) is 0 Å². The normalized spacial score (nSPS) is 24.2. The molecule has 2 N–H and O–H groups in total. The first-order valence-corrected chi connectivity index (χ1v) is 6.96. The van der Waals surface area contributed by atoms with E-state index in [-0.39, 0.29) is 17.9 Å². The topological polar surface area (TPSA) is 41.1 Å². The van der Waals surface area contributed by atoms with Gasteiger partial charge in [0.2, 0.25) is 5.91 Å². The summed E-state index contributed by atoms with van der Waals surface area (Å²) in [5.41, 5.74) is 0.569. The third-order valence-corrected chi connectivity index (χ3v) is 3.80. The van der Waals surface area contributed by atoms with Crippen LogP contribution < -0.4 is 10.6 Å². The Balaban J connectivity index is 1.97. The van der Waals surface area contributed by atoms with Crippen molar-refractivity contribution < 1.29 is 13.6 Å². The van der Waals surface area contributed by atoms with Crippen LogP contribution in [0.1, 0.15) is 38.3 Å². The Morgan fingerprint density at radius 1 is 1.40 bits per heavy atom. The summed E-state index contributed by atoms with van der Waals surface area (Å²) < 4.78 is 26.1. The van der Waals surface area contributed by atoms with Crippen molar-refractivity contribution >= 4 is 5.91 Å². The predicted molar refractivity (Wildman–Crippen MR) is 73.1 cm³/mol. The van der Waals surface area contributed by atoms with Crippen LogP contribution in [0.15, 0.2) is 18.2 Å². The Hall–Kier alpha value is -1.49. The van der Waals surface area contributed by atoms with E-state index in [1.807, 2.05) is 0 Å². The summed E-state index contributed by atoms with van der Waals surface area (Å²) in [7, 11) is 0. The first-order chi connectivity index (χ1) is 9.47. The summed E-state index contributed by atoms with van der Waals surface area (Å²) in [5.74, 6) is -1.80. The molecule has 2 rings (SSSR count). The van der Waals surface area contributed by atoms with Crippen molar-refractivity contribution in [3.05, 3.63) is 35.4 Å². The second kappa shape index (κ2) is 6.31. The van der Waals surface area contributed by atoms with Gasteiger partial charge in [-0.3, -0.25) is 4.79 Å². The standard InChI is InChI=1S/C15H20F2N2O/c1-9-7-12(5-6-18-9)15(20)19-10(2)11-3-4-13(16)14(17)8-11/h3-4,8-10,12,18H,5-7H2,1-2H3,(H,19,20). The molecule has 5 heteroatoms. The Morgan fingerprint density at radius 2 is 2.15 bits per heavy atom. The number of rotatable bonds is 3. The molecule has 3 atom stereocenters. The van der Waals surface area contributed by atoms with Gasteiger partial charge in [-0.05, 0) is 50.9 Å². The summed E-state index contributed by atoms with van der Waals surface area (Å²) in [6.07, 6.45) is 1.61. The highest BCUT2D eigenvalue weighted by atomic mass is 19.2. The number of benzene rings is 1. The first kappa shape index (κ1) is 14.9. The maximum absolute atomic E-state index is 13.2. The lowest BCUT2D eigenvalue weighted by molar-refractivity contribution is -0.126. The largest absolute Gasteiger partial charge is 0.349 e. The molecule has 110 valence electrons. The van der Waals surface area contributed by atoms with E-state index in [0.29, 0.717) is 11.6 Å². The van der Waals surface area contributed by atoms with Crippen LogP contribution in [0.5, 0.6) is 0 Å². The molecule has 3 unspecified atom stereocenters. The van der Waals surface area contributed by atoms with Crippen LogP contribution in [0, 0.1) is 17.6 Å². The highest BCUT2D eigenvalue weighted by Gasteiger charge is 2.25. The van der Waals surface area contributed by atoms with Gasteiger partial charge in [0.15, 0.2) is 11.6 Å². The molecular weight excluding hydrogens is 262 g/mol. The van der Waals surface area contributed by atoms with Crippen molar-refractivity contribution in [3.63, 3.8) is 0 Å². The van der Waals surface area contributed by atoms with Gasteiger partial charge in [-0.25, -0.2) is 8.78 Å². The van der Waals surface area contributed by atoms with Crippen molar-refractivity contribution in [1.29, 1.82) is 0 Å². The van der Waals surface area contributed by atoms with Crippen molar-refractivity contribution in [2.24, 2.45) is 5.92 Å². The van der Waals surface area contributed by atoms with E-state index in [1.165, 1.54) is 6.07 Å². The molecule has 0 saturated carbocycles. The number of carbonyl (C=O) groups excluding carboxylic acids is 1. The van der Waals surface area contributed by atoms with E-state index >= 15 is 0 Å². The van der Waals surface area contributed by atoms with Crippen molar-refractivity contribution in [1.82, 2.24) is 10.6 Å². The van der Waals surface area contributed by atoms with Gasteiger partial charge in [0.05, 0.1) is 6.04 Å². The predicted octanol–water partition coefficient (Wildman–Crippen LogP) is 2.53. The lowest BCUT2D eigenvalue weighted by atomic mass is 9.92. The van der Waals surface area contributed by atoms with Gasteiger partial charge in [-0.1, -0.05) is 6.07 Å². The molecule has 1 aliphatic rings.